The molecule has 5 rings (SSSR count). The average Bonchev–Trinajstić information content (AvgIpc) is 3.10. The minimum absolute atomic E-state index is 0.190. The van der Waals surface area contributed by atoms with Crippen molar-refractivity contribution in [3.05, 3.63) is 89.1 Å². The van der Waals surface area contributed by atoms with Gasteiger partial charge in [-0.15, -0.1) is 0 Å². The summed E-state index contributed by atoms with van der Waals surface area (Å²) in [6.45, 7) is 3.09. The summed E-state index contributed by atoms with van der Waals surface area (Å²) in [7, 11) is 0. The molecular weight excluding hydrogens is 420 g/mol. The molecule has 1 fully saturated rings. The summed E-state index contributed by atoms with van der Waals surface area (Å²) in [4.78, 5) is 46.2. The number of hydrogen-bond acceptors (Lipinski definition) is 6. The molecule has 2 aliphatic rings. The van der Waals surface area contributed by atoms with Gasteiger partial charge in [-0.05, 0) is 35.9 Å². The Morgan fingerprint density at radius 3 is 2.42 bits per heavy atom. The Balaban J connectivity index is 1.29. The van der Waals surface area contributed by atoms with Crippen LogP contribution >= 0.6 is 0 Å². The van der Waals surface area contributed by atoms with Gasteiger partial charge in [-0.2, -0.15) is 0 Å². The molecule has 0 bridgehead atoms. The molecule has 1 aromatic heterocycles. The number of hydrogen-bond donors (Lipinski definition) is 1. The maximum absolute atomic E-state index is 12.9. The molecule has 2 aromatic carbocycles. The summed E-state index contributed by atoms with van der Waals surface area (Å²) in [5, 5.41) is 2.80. The first-order valence-corrected chi connectivity index (χ1v) is 10.7. The van der Waals surface area contributed by atoms with E-state index in [1.807, 2.05) is 36.4 Å². The van der Waals surface area contributed by atoms with Crippen molar-refractivity contribution in [1.82, 2.24) is 9.88 Å². The van der Waals surface area contributed by atoms with Crippen molar-refractivity contribution >= 4 is 29.2 Å². The molecule has 3 aromatic rings. The van der Waals surface area contributed by atoms with Crippen molar-refractivity contribution in [2.45, 2.75) is 6.54 Å². The third kappa shape index (κ3) is 4.20. The summed E-state index contributed by atoms with van der Waals surface area (Å²) < 4.78 is 5.35. The van der Waals surface area contributed by atoms with E-state index >= 15 is 0 Å². The highest BCUT2D eigenvalue weighted by Gasteiger charge is 2.36. The zero-order valence-electron chi connectivity index (χ0n) is 17.9. The van der Waals surface area contributed by atoms with Gasteiger partial charge in [-0.1, -0.05) is 30.3 Å². The van der Waals surface area contributed by atoms with Gasteiger partial charge in [0, 0.05) is 18.7 Å². The van der Waals surface area contributed by atoms with Crippen LogP contribution in [0.15, 0.2) is 66.9 Å². The highest BCUT2D eigenvalue weighted by Crippen LogP contribution is 2.26. The first-order valence-electron chi connectivity index (χ1n) is 10.7. The third-order valence-electron chi connectivity index (χ3n) is 5.76. The van der Waals surface area contributed by atoms with E-state index in [1.54, 1.807) is 18.3 Å². The predicted molar refractivity (Wildman–Crippen MR) is 122 cm³/mol. The minimum atomic E-state index is -0.398. The number of imide groups is 1. The van der Waals surface area contributed by atoms with Gasteiger partial charge in [0.15, 0.2) is 0 Å². The molecular formula is C25H22N4O4. The number of rotatable bonds is 5. The van der Waals surface area contributed by atoms with Gasteiger partial charge in [-0.25, -0.2) is 4.98 Å². The maximum Gasteiger partial charge on any atom is 0.261 e. The van der Waals surface area contributed by atoms with E-state index in [0.29, 0.717) is 30.0 Å². The molecule has 3 amide bonds. The van der Waals surface area contributed by atoms with Crippen LogP contribution in [0, 0.1) is 0 Å². The molecule has 0 aliphatic carbocycles. The summed E-state index contributed by atoms with van der Waals surface area (Å²) in [6.07, 6.45) is 1.60. The van der Waals surface area contributed by atoms with E-state index < -0.39 is 5.91 Å². The van der Waals surface area contributed by atoms with Crippen molar-refractivity contribution in [3.8, 4) is 0 Å². The minimum Gasteiger partial charge on any atom is -0.378 e. The van der Waals surface area contributed by atoms with E-state index in [4.69, 9.17) is 4.74 Å². The first kappa shape index (κ1) is 20.8. The second-order valence-electron chi connectivity index (χ2n) is 7.90. The van der Waals surface area contributed by atoms with Crippen LogP contribution in [0.2, 0.25) is 0 Å². The first-order chi connectivity index (χ1) is 16.1. The van der Waals surface area contributed by atoms with Gasteiger partial charge in [0.2, 0.25) is 0 Å². The Morgan fingerprint density at radius 2 is 1.70 bits per heavy atom. The van der Waals surface area contributed by atoms with Crippen LogP contribution in [0.4, 0.5) is 11.5 Å². The Bertz CT molecular complexity index is 1200. The monoisotopic (exact) mass is 442 g/mol. The topological polar surface area (TPSA) is 91.8 Å². The van der Waals surface area contributed by atoms with E-state index in [1.165, 1.54) is 17.0 Å². The van der Waals surface area contributed by atoms with Crippen LogP contribution in [0.5, 0.6) is 0 Å². The number of morpholine rings is 1. The standard InChI is InChI=1S/C25H22N4O4/c30-23(27-19-7-9-22(26-15-19)28-10-12-33-13-11-28)18-6-8-20-21(14-18)25(32)29(24(20)31)16-17-4-2-1-3-5-17/h1-9,14-15H,10-13,16H2,(H,27,30). The average molecular weight is 442 g/mol. The quantitative estimate of drug-likeness (QED) is 0.611. The van der Waals surface area contributed by atoms with Crippen LogP contribution in [-0.4, -0.2) is 53.9 Å². The smallest absolute Gasteiger partial charge is 0.261 e. The highest BCUT2D eigenvalue weighted by atomic mass is 16.5. The summed E-state index contributed by atoms with van der Waals surface area (Å²) in [5.74, 6) is -0.296. The van der Waals surface area contributed by atoms with Crippen LogP contribution in [-0.2, 0) is 11.3 Å². The summed E-state index contributed by atoms with van der Waals surface area (Å²) in [6, 6.07) is 17.5. The molecule has 33 heavy (non-hydrogen) atoms. The van der Waals surface area contributed by atoms with Crippen LogP contribution < -0.4 is 10.2 Å². The number of fused-ring (bicyclic) bond motifs is 1. The number of anilines is 2. The predicted octanol–water partition coefficient (Wildman–Crippen LogP) is 2.97. The van der Waals surface area contributed by atoms with Gasteiger partial charge in [0.1, 0.15) is 5.82 Å². The molecule has 0 unspecified atom stereocenters. The van der Waals surface area contributed by atoms with Crippen LogP contribution in [0.3, 0.4) is 0 Å². The van der Waals surface area contributed by atoms with Crippen molar-refractivity contribution in [2.24, 2.45) is 0 Å². The molecule has 8 nitrogen and oxygen atoms in total. The van der Waals surface area contributed by atoms with Crippen LogP contribution in [0.25, 0.3) is 0 Å². The van der Waals surface area contributed by atoms with Crippen LogP contribution in [0.1, 0.15) is 36.6 Å². The largest absolute Gasteiger partial charge is 0.378 e. The Hall–Kier alpha value is -4.04. The van der Waals surface area contributed by atoms with Crippen molar-refractivity contribution < 1.29 is 19.1 Å². The Kier molecular flexibility index (Phi) is 5.58. The normalized spacial score (nSPS) is 15.5. The molecule has 8 heteroatoms. The second-order valence-corrected chi connectivity index (χ2v) is 7.90. The number of carbonyl (C=O) groups excluding carboxylic acids is 3. The number of benzene rings is 2. The molecule has 0 radical (unpaired) electrons. The summed E-state index contributed by atoms with van der Waals surface area (Å²) in [5.41, 5.74) is 2.26. The fourth-order valence-corrected chi connectivity index (χ4v) is 3.98. The number of nitrogens with one attached hydrogen (secondary N) is 1. The van der Waals surface area contributed by atoms with E-state index in [2.05, 4.69) is 15.2 Å². The molecule has 2 aliphatic heterocycles. The fourth-order valence-electron chi connectivity index (χ4n) is 3.98. The maximum atomic E-state index is 12.9. The lowest BCUT2D eigenvalue weighted by molar-refractivity contribution is 0.0642. The number of carbonyl (C=O) groups is 3. The van der Waals surface area contributed by atoms with E-state index in [-0.39, 0.29) is 23.9 Å². The Labute approximate surface area is 190 Å². The number of ether oxygens (including phenoxy) is 1. The number of pyridine rings is 1. The number of amides is 3. The van der Waals surface area contributed by atoms with Crippen molar-refractivity contribution in [1.29, 1.82) is 0 Å². The zero-order chi connectivity index (χ0) is 22.8. The number of nitrogens with zero attached hydrogens (tertiary/aromatic N) is 3. The van der Waals surface area contributed by atoms with Gasteiger partial charge >= 0.3 is 0 Å². The third-order valence-corrected chi connectivity index (χ3v) is 5.76. The summed E-state index contributed by atoms with van der Waals surface area (Å²) >= 11 is 0. The zero-order valence-corrected chi connectivity index (χ0v) is 17.9. The molecule has 1 N–H and O–H groups in total. The molecule has 0 saturated carbocycles. The number of aromatic nitrogens is 1. The van der Waals surface area contributed by atoms with Gasteiger partial charge < -0.3 is 15.0 Å². The molecule has 1 saturated heterocycles. The SMILES string of the molecule is O=C(Nc1ccc(N2CCOCC2)nc1)c1ccc2c(c1)C(=O)N(Cc1ccccc1)C2=O. The van der Waals surface area contributed by atoms with Gasteiger partial charge in [0.05, 0.1) is 42.8 Å². The lowest BCUT2D eigenvalue weighted by Crippen LogP contribution is -2.36. The molecule has 3 heterocycles. The van der Waals surface area contributed by atoms with Crippen molar-refractivity contribution in [3.63, 3.8) is 0 Å². The van der Waals surface area contributed by atoms with E-state index in [0.717, 1.165) is 24.5 Å². The molecule has 0 spiro atoms. The van der Waals surface area contributed by atoms with E-state index in [9.17, 15) is 14.4 Å². The highest BCUT2D eigenvalue weighted by molar-refractivity contribution is 6.22. The lowest BCUT2D eigenvalue weighted by atomic mass is 10.1. The molecule has 166 valence electrons. The lowest BCUT2D eigenvalue weighted by Gasteiger charge is -2.27. The van der Waals surface area contributed by atoms with Gasteiger partial charge in [-0.3, -0.25) is 19.3 Å². The molecule has 0 atom stereocenters. The van der Waals surface area contributed by atoms with Gasteiger partial charge in [0.25, 0.3) is 17.7 Å². The second kappa shape index (κ2) is 8.84. The fraction of sp³-hybridized carbons (Fsp3) is 0.200. The van der Waals surface area contributed by atoms with Crippen molar-refractivity contribution in [2.75, 3.05) is 36.5 Å². The Morgan fingerprint density at radius 1 is 0.939 bits per heavy atom.